The molecule has 0 unspecified atom stereocenters. The van der Waals surface area contributed by atoms with Crippen molar-refractivity contribution >= 4 is 11.8 Å². The molecule has 120 valence electrons. The number of nitrogens with one attached hydrogen (secondary N) is 2. The molecule has 23 heavy (non-hydrogen) atoms. The highest BCUT2D eigenvalue weighted by molar-refractivity contribution is 5.94. The molecule has 0 aliphatic heterocycles. The third kappa shape index (κ3) is 5.94. The highest BCUT2D eigenvalue weighted by Gasteiger charge is 2.04. The third-order valence-corrected chi connectivity index (χ3v) is 3.53. The van der Waals surface area contributed by atoms with Gasteiger partial charge in [-0.15, -0.1) is 0 Å². The molecule has 2 rings (SSSR count). The van der Waals surface area contributed by atoms with E-state index in [1.165, 1.54) is 5.56 Å². The smallest absolute Gasteiger partial charge is 0.251 e. The molecular formula is C19H22N2O2. The molecule has 0 heterocycles. The van der Waals surface area contributed by atoms with Gasteiger partial charge in [0.25, 0.3) is 5.91 Å². The van der Waals surface area contributed by atoms with E-state index in [9.17, 15) is 9.59 Å². The molecule has 2 aromatic carbocycles. The van der Waals surface area contributed by atoms with Crippen LogP contribution in [0.3, 0.4) is 0 Å². The lowest BCUT2D eigenvalue weighted by Gasteiger charge is -2.07. The molecule has 0 fully saturated rings. The number of benzene rings is 2. The lowest BCUT2D eigenvalue weighted by molar-refractivity contribution is -0.121. The average molecular weight is 310 g/mol. The van der Waals surface area contributed by atoms with Crippen LogP contribution in [0.5, 0.6) is 0 Å². The Morgan fingerprint density at radius 3 is 2.22 bits per heavy atom. The van der Waals surface area contributed by atoms with Crippen molar-refractivity contribution in [1.29, 1.82) is 0 Å². The maximum Gasteiger partial charge on any atom is 0.251 e. The minimum atomic E-state index is -0.125. The van der Waals surface area contributed by atoms with E-state index in [0.29, 0.717) is 25.1 Å². The first kappa shape index (κ1) is 16.7. The molecule has 4 heteroatoms. The van der Waals surface area contributed by atoms with Crippen molar-refractivity contribution in [2.24, 2.45) is 0 Å². The van der Waals surface area contributed by atoms with Gasteiger partial charge < -0.3 is 10.6 Å². The molecule has 2 aromatic rings. The summed E-state index contributed by atoms with van der Waals surface area (Å²) in [6.07, 6.45) is 1.18. The van der Waals surface area contributed by atoms with Crippen LogP contribution in [-0.2, 0) is 11.2 Å². The number of carbonyl (C=O) groups is 2. The van der Waals surface area contributed by atoms with Crippen LogP contribution in [0, 0.1) is 6.92 Å². The second kappa shape index (κ2) is 8.73. The van der Waals surface area contributed by atoms with Crippen LogP contribution in [0.4, 0.5) is 0 Å². The number of amides is 2. The van der Waals surface area contributed by atoms with E-state index in [1.54, 1.807) is 12.1 Å². The van der Waals surface area contributed by atoms with Gasteiger partial charge in [-0.1, -0.05) is 48.0 Å². The maximum absolute atomic E-state index is 11.8. The highest BCUT2D eigenvalue weighted by atomic mass is 16.2. The fraction of sp³-hybridized carbons (Fsp3) is 0.263. The summed E-state index contributed by atoms with van der Waals surface area (Å²) in [5.74, 6) is -0.126. The molecule has 0 aromatic heterocycles. The van der Waals surface area contributed by atoms with Gasteiger partial charge in [-0.25, -0.2) is 0 Å². The standard InChI is InChI=1S/C19H22N2O2/c1-15-7-9-16(10-8-15)11-12-18(22)20-13-14-21-19(23)17-5-3-2-4-6-17/h2-10H,11-14H2,1H3,(H,20,22)(H,21,23). The van der Waals surface area contributed by atoms with Gasteiger partial charge >= 0.3 is 0 Å². The van der Waals surface area contributed by atoms with Gasteiger partial charge in [-0.2, -0.15) is 0 Å². The van der Waals surface area contributed by atoms with E-state index >= 15 is 0 Å². The minimum Gasteiger partial charge on any atom is -0.354 e. The first-order valence-corrected chi connectivity index (χ1v) is 7.80. The largest absolute Gasteiger partial charge is 0.354 e. The van der Waals surface area contributed by atoms with Gasteiger partial charge in [-0.3, -0.25) is 9.59 Å². The van der Waals surface area contributed by atoms with Crippen molar-refractivity contribution in [3.8, 4) is 0 Å². The summed E-state index contributed by atoms with van der Waals surface area (Å²) in [4.78, 5) is 23.6. The molecular weight excluding hydrogens is 288 g/mol. The van der Waals surface area contributed by atoms with Gasteiger partial charge in [0.15, 0.2) is 0 Å². The van der Waals surface area contributed by atoms with Gasteiger partial charge in [0.1, 0.15) is 0 Å². The van der Waals surface area contributed by atoms with Crippen molar-refractivity contribution in [3.63, 3.8) is 0 Å². The van der Waals surface area contributed by atoms with E-state index in [1.807, 2.05) is 49.4 Å². The predicted octanol–water partition coefficient (Wildman–Crippen LogP) is 2.47. The zero-order valence-corrected chi connectivity index (χ0v) is 13.3. The number of hydrogen-bond acceptors (Lipinski definition) is 2. The zero-order valence-electron chi connectivity index (χ0n) is 13.3. The van der Waals surface area contributed by atoms with E-state index in [2.05, 4.69) is 10.6 Å². The first-order valence-electron chi connectivity index (χ1n) is 7.80. The Labute approximate surface area is 136 Å². The number of rotatable bonds is 7. The van der Waals surface area contributed by atoms with Crippen LogP contribution in [0.25, 0.3) is 0 Å². The summed E-state index contributed by atoms with van der Waals surface area (Å²) in [7, 11) is 0. The lowest BCUT2D eigenvalue weighted by atomic mass is 10.1. The molecule has 0 atom stereocenters. The molecule has 2 amide bonds. The van der Waals surface area contributed by atoms with E-state index < -0.39 is 0 Å². The monoisotopic (exact) mass is 310 g/mol. The van der Waals surface area contributed by atoms with Crippen molar-refractivity contribution in [3.05, 3.63) is 71.3 Å². The second-order valence-corrected chi connectivity index (χ2v) is 5.46. The fourth-order valence-corrected chi connectivity index (χ4v) is 2.17. The number of carbonyl (C=O) groups excluding carboxylic acids is 2. The highest BCUT2D eigenvalue weighted by Crippen LogP contribution is 2.05. The van der Waals surface area contributed by atoms with E-state index in [4.69, 9.17) is 0 Å². The quantitative estimate of drug-likeness (QED) is 0.772. The Morgan fingerprint density at radius 2 is 1.52 bits per heavy atom. The third-order valence-electron chi connectivity index (χ3n) is 3.53. The summed E-state index contributed by atoms with van der Waals surface area (Å²) >= 11 is 0. The predicted molar refractivity (Wildman–Crippen MR) is 91.3 cm³/mol. The SMILES string of the molecule is Cc1ccc(CCC(=O)NCCNC(=O)c2ccccc2)cc1. The van der Waals surface area contributed by atoms with Crippen LogP contribution in [0.15, 0.2) is 54.6 Å². The molecule has 0 radical (unpaired) electrons. The summed E-state index contributed by atoms with van der Waals surface area (Å²) in [5.41, 5.74) is 2.99. The summed E-state index contributed by atoms with van der Waals surface area (Å²) in [6, 6.07) is 17.2. The lowest BCUT2D eigenvalue weighted by Crippen LogP contribution is -2.34. The molecule has 2 N–H and O–H groups in total. The molecule has 4 nitrogen and oxygen atoms in total. The molecule has 0 spiro atoms. The van der Waals surface area contributed by atoms with Gasteiger partial charge in [-0.05, 0) is 31.0 Å². The van der Waals surface area contributed by atoms with Gasteiger partial charge in [0, 0.05) is 25.1 Å². The van der Waals surface area contributed by atoms with Crippen molar-refractivity contribution in [1.82, 2.24) is 10.6 Å². The van der Waals surface area contributed by atoms with Gasteiger partial charge in [0.2, 0.25) is 5.91 Å². The van der Waals surface area contributed by atoms with Crippen LogP contribution in [0.1, 0.15) is 27.9 Å². The number of aryl methyl sites for hydroxylation is 2. The van der Waals surface area contributed by atoms with Gasteiger partial charge in [0.05, 0.1) is 0 Å². The molecule has 0 aliphatic carbocycles. The van der Waals surface area contributed by atoms with E-state index in [0.717, 1.165) is 12.0 Å². The van der Waals surface area contributed by atoms with Crippen molar-refractivity contribution in [2.75, 3.05) is 13.1 Å². The summed E-state index contributed by atoms with van der Waals surface area (Å²) < 4.78 is 0. The van der Waals surface area contributed by atoms with Crippen molar-refractivity contribution in [2.45, 2.75) is 19.8 Å². The minimum absolute atomic E-state index is 0.000430. The molecule has 0 saturated carbocycles. The Balaban J connectivity index is 1.61. The average Bonchev–Trinajstić information content (AvgIpc) is 2.59. The summed E-state index contributed by atoms with van der Waals surface area (Å²) in [6.45, 7) is 2.90. The van der Waals surface area contributed by atoms with Crippen molar-refractivity contribution < 1.29 is 9.59 Å². The second-order valence-electron chi connectivity index (χ2n) is 5.46. The molecule has 0 saturated heterocycles. The maximum atomic E-state index is 11.8. The Bertz CT molecular complexity index is 636. The number of hydrogen-bond donors (Lipinski definition) is 2. The summed E-state index contributed by atoms with van der Waals surface area (Å²) in [5, 5.41) is 5.60. The molecule has 0 bridgehead atoms. The Kier molecular flexibility index (Phi) is 6.36. The van der Waals surface area contributed by atoms with Crippen LogP contribution in [0.2, 0.25) is 0 Å². The van der Waals surface area contributed by atoms with E-state index in [-0.39, 0.29) is 11.8 Å². The van der Waals surface area contributed by atoms with Crippen LogP contribution >= 0.6 is 0 Å². The zero-order chi connectivity index (χ0) is 16.5. The Morgan fingerprint density at radius 1 is 0.870 bits per heavy atom. The first-order chi connectivity index (χ1) is 11.1. The van der Waals surface area contributed by atoms with Crippen LogP contribution < -0.4 is 10.6 Å². The topological polar surface area (TPSA) is 58.2 Å². The van der Waals surface area contributed by atoms with Crippen LogP contribution in [-0.4, -0.2) is 24.9 Å². The fourth-order valence-electron chi connectivity index (χ4n) is 2.17. The Hall–Kier alpha value is -2.62. The molecule has 0 aliphatic rings. The normalized spacial score (nSPS) is 10.1.